The number of hydrogen-bond acceptors (Lipinski definition) is 3. The second-order valence-electron chi connectivity index (χ2n) is 9.82. The van der Waals surface area contributed by atoms with Crippen LogP contribution in [0.2, 0.25) is 0 Å². The molecule has 4 nitrogen and oxygen atoms in total. The van der Waals surface area contributed by atoms with E-state index in [4.69, 9.17) is 4.74 Å². The number of carbonyl (C=O) groups excluding carboxylic acids is 2. The molecule has 2 amide bonds. The minimum atomic E-state index is -1.07. The van der Waals surface area contributed by atoms with Gasteiger partial charge in [0.1, 0.15) is 0 Å². The number of amides is 2. The van der Waals surface area contributed by atoms with Crippen molar-refractivity contribution in [1.82, 2.24) is 4.90 Å². The van der Waals surface area contributed by atoms with Crippen LogP contribution >= 0.6 is 0 Å². The van der Waals surface area contributed by atoms with Crippen molar-refractivity contribution in [2.45, 2.75) is 52.7 Å². The van der Waals surface area contributed by atoms with Crippen molar-refractivity contribution in [2.75, 3.05) is 0 Å². The van der Waals surface area contributed by atoms with Crippen LogP contribution in [0.1, 0.15) is 48.6 Å². The zero-order valence-electron chi connectivity index (χ0n) is 20.6. The first-order valence-corrected chi connectivity index (χ1v) is 12.0. The summed E-state index contributed by atoms with van der Waals surface area (Å²) in [6, 6.07) is 25.6. The Morgan fingerprint density at radius 2 is 1.35 bits per heavy atom. The number of imide groups is 1. The molecular formula is C30H33NO3. The summed E-state index contributed by atoms with van der Waals surface area (Å²) in [4.78, 5) is 28.6. The predicted octanol–water partition coefficient (Wildman–Crippen LogP) is 6.43. The van der Waals surface area contributed by atoms with Crippen LogP contribution < -0.4 is 0 Å². The topological polar surface area (TPSA) is 46.6 Å². The van der Waals surface area contributed by atoms with Gasteiger partial charge < -0.3 is 4.74 Å². The number of ether oxygens (including phenoxy) is 1. The number of cyclic esters (lactones) is 1. The zero-order valence-corrected chi connectivity index (χ0v) is 20.6. The van der Waals surface area contributed by atoms with Crippen molar-refractivity contribution in [3.8, 4) is 0 Å². The van der Waals surface area contributed by atoms with E-state index in [1.165, 1.54) is 4.90 Å². The number of benzene rings is 3. The quantitative estimate of drug-likeness (QED) is 0.430. The Kier molecular flexibility index (Phi) is 6.60. The van der Waals surface area contributed by atoms with Crippen LogP contribution in [0.5, 0.6) is 0 Å². The molecule has 2 atom stereocenters. The average Bonchev–Trinajstić information content (AvgIpc) is 3.14. The summed E-state index contributed by atoms with van der Waals surface area (Å²) in [5.41, 5.74) is 3.99. The van der Waals surface area contributed by atoms with Gasteiger partial charge in [0, 0.05) is 17.0 Å². The molecule has 1 fully saturated rings. The monoisotopic (exact) mass is 455 g/mol. The van der Waals surface area contributed by atoms with Crippen LogP contribution in [0, 0.1) is 25.7 Å². The third-order valence-electron chi connectivity index (χ3n) is 6.78. The first kappa shape index (κ1) is 23.7. The van der Waals surface area contributed by atoms with Gasteiger partial charge in [-0.25, -0.2) is 9.69 Å². The average molecular weight is 456 g/mol. The summed E-state index contributed by atoms with van der Waals surface area (Å²) in [5, 5.41) is 0. The molecule has 176 valence electrons. The molecule has 1 aliphatic heterocycles. The van der Waals surface area contributed by atoms with Crippen LogP contribution in [-0.2, 0) is 21.6 Å². The Morgan fingerprint density at radius 1 is 0.853 bits per heavy atom. The Hall–Kier alpha value is -3.40. The van der Waals surface area contributed by atoms with E-state index in [1.807, 2.05) is 113 Å². The van der Waals surface area contributed by atoms with Crippen LogP contribution in [0.4, 0.5) is 4.79 Å². The molecule has 0 aromatic heterocycles. The molecule has 0 unspecified atom stereocenters. The smallest absolute Gasteiger partial charge is 0.418 e. The SMILES string of the molecule is Cc1ccc(C2(c3ccc(C)cc3)OC(=O)N(C(=O)[C@@H](C)Cc3ccccc3)[C@H]2C(C)C)cc1. The number of carbonyl (C=O) groups is 2. The maximum atomic E-state index is 13.8. The van der Waals surface area contributed by atoms with Gasteiger partial charge >= 0.3 is 6.09 Å². The van der Waals surface area contributed by atoms with Gasteiger partial charge in [-0.1, -0.05) is 111 Å². The van der Waals surface area contributed by atoms with E-state index in [9.17, 15) is 9.59 Å². The van der Waals surface area contributed by atoms with Crippen LogP contribution in [-0.4, -0.2) is 22.9 Å². The summed E-state index contributed by atoms with van der Waals surface area (Å²) in [6.07, 6.45) is -0.0131. The molecule has 4 heteroatoms. The van der Waals surface area contributed by atoms with Crippen molar-refractivity contribution in [3.63, 3.8) is 0 Å². The number of hydrogen-bond donors (Lipinski definition) is 0. The van der Waals surface area contributed by atoms with Gasteiger partial charge in [-0.15, -0.1) is 0 Å². The number of rotatable bonds is 6. The predicted molar refractivity (Wildman–Crippen MR) is 134 cm³/mol. The van der Waals surface area contributed by atoms with Crippen molar-refractivity contribution in [1.29, 1.82) is 0 Å². The fourth-order valence-corrected chi connectivity index (χ4v) is 5.06. The highest BCUT2D eigenvalue weighted by Gasteiger charge is 2.59. The van der Waals surface area contributed by atoms with E-state index < -0.39 is 17.7 Å². The van der Waals surface area contributed by atoms with Crippen molar-refractivity contribution >= 4 is 12.0 Å². The summed E-state index contributed by atoms with van der Waals surface area (Å²) in [6.45, 7) is 10.0. The molecule has 4 rings (SSSR count). The second kappa shape index (κ2) is 9.46. The van der Waals surface area contributed by atoms with Crippen LogP contribution in [0.25, 0.3) is 0 Å². The summed E-state index contributed by atoms with van der Waals surface area (Å²) >= 11 is 0. The minimum absolute atomic E-state index is 0.0260. The fourth-order valence-electron chi connectivity index (χ4n) is 5.06. The van der Waals surface area contributed by atoms with Gasteiger partial charge in [0.2, 0.25) is 5.91 Å². The van der Waals surface area contributed by atoms with Gasteiger partial charge in [0.15, 0.2) is 5.60 Å². The molecule has 3 aromatic rings. The van der Waals surface area contributed by atoms with Crippen LogP contribution in [0.15, 0.2) is 78.9 Å². The molecular weight excluding hydrogens is 422 g/mol. The third-order valence-corrected chi connectivity index (χ3v) is 6.78. The van der Waals surface area contributed by atoms with Crippen molar-refractivity contribution < 1.29 is 14.3 Å². The highest BCUT2D eigenvalue weighted by atomic mass is 16.6. The molecule has 34 heavy (non-hydrogen) atoms. The molecule has 3 aromatic carbocycles. The summed E-state index contributed by atoms with van der Waals surface area (Å²) in [5.74, 6) is -0.585. The number of aryl methyl sites for hydroxylation is 2. The lowest BCUT2D eigenvalue weighted by atomic mass is 9.75. The lowest BCUT2D eigenvalue weighted by Crippen LogP contribution is -2.51. The highest BCUT2D eigenvalue weighted by Crippen LogP contribution is 2.48. The fraction of sp³-hybridized carbons (Fsp3) is 0.333. The lowest BCUT2D eigenvalue weighted by molar-refractivity contribution is -0.134. The molecule has 1 saturated heterocycles. The molecule has 1 aliphatic rings. The van der Waals surface area contributed by atoms with E-state index in [0.29, 0.717) is 6.42 Å². The molecule has 0 spiro atoms. The first-order chi connectivity index (χ1) is 16.2. The van der Waals surface area contributed by atoms with Gasteiger partial charge in [-0.3, -0.25) is 4.79 Å². The van der Waals surface area contributed by atoms with E-state index >= 15 is 0 Å². The van der Waals surface area contributed by atoms with Gasteiger partial charge in [-0.05, 0) is 31.7 Å². The third kappa shape index (κ3) is 4.25. The van der Waals surface area contributed by atoms with E-state index in [1.54, 1.807) is 0 Å². The van der Waals surface area contributed by atoms with Crippen molar-refractivity contribution in [3.05, 3.63) is 107 Å². The zero-order chi connectivity index (χ0) is 24.5. The summed E-state index contributed by atoms with van der Waals surface area (Å²) < 4.78 is 6.28. The standard InChI is InChI=1S/C30H33NO3/c1-20(2)27-30(25-15-11-21(3)12-16-25,26-17-13-22(4)14-18-26)34-29(33)31(27)28(32)23(5)19-24-9-7-6-8-10-24/h6-18,20,23,27H,19H2,1-5H3/t23-,27-/m0/s1. The minimum Gasteiger partial charge on any atom is -0.430 e. The van der Waals surface area contributed by atoms with Crippen LogP contribution in [0.3, 0.4) is 0 Å². The maximum absolute atomic E-state index is 13.8. The van der Waals surface area contributed by atoms with E-state index in [2.05, 4.69) is 0 Å². The maximum Gasteiger partial charge on any atom is 0.418 e. The largest absolute Gasteiger partial charge is 0.430 e. The number of nitrogens with zero attached hydrogens (tertiary/aromatic N) is 1. The van der Waals surface area contributed by atoms with Gasteiger partial charge in [0.05, 0.1) is 6.04 Å². The lowest BCUT2D eigenvalue weighted by Gasteiger charge is -2.38. The normalized spacial score (nSPS) is 18.1. The molecule has 0 radical (unpaired) electrons. The molecule has 0 N–H and O–H groups in total. The van der Waals surface area contributed by atoms with E-state index in [0.717, 1.165) is 27.8 Å². The highest BCUT2D eigenvalue weighted by molar-refractivity contribution is 5.96. The first-order valence-electron chi connectivity index (χ1n) is 12.0. The Morgan fingerprint density at radius 3 is 1.82 bits per heavy atom. The van der Waals surface area contributed by atoms with Crippen molar-refractivity contribution in [2.24, 2.45) is 11.8 Å². The molecule has 1 heterocycles. The Labute approximate surface area is 202 Å². The molecule has 0 bridgehead atoms. The van der Waals surface area contributed by atoms with E-state index in [-0.39, 0.29) is 17.7 Å². The summed E-state index contributed by atoms with van der Waals surface area (Å²) in [7, 11) is 0. The van der Waals surface area contributed by atoms with Gasteiger partial charge in [0.25, 0.3) is 0 Å². The Balaban J connectivity index is 1.81. The Bertz CT molecular complexity index is 1100. The molecule has 0 aliphatic carbocycles. The van der Waals surface area contributed by atoms with Gasteiger partial charge in [-0.2, -0.15) is 0 Å². The molecule has 0 saturated carbocycles. The second-order valence-corrected chi connectivity index (χ2v) is 9.82.